The average Bonchev–Trinajstić information content (AvgIpc) is 2.49. The molecule has 1 aromatic carbocycles. The first-order valence-electron chi connectivity index (χ1n) is 6.47. The fraction of sp³-hybridized carbons (Fsp3) is 0.214. The zero-order chi connectivity index (χ0) is 18.2. The second kappa shape index (κ2) is 6.16. The number of aryl methyl sites for hydroxylation is 1. The van der Waals surface area contributed by atoms with Gasteiger partial charge in [-0.3, -0.25) is 14.2 Å². The number of alkyl halides is 3. The van der Waals surface area contributed by atoms with Crippen molar-refractivity contribution in [1.29, 1.82) is 0 Å². The Balaban J connectivity index is 2.45. The van der Waals surface area contributed by atoms with E-state index in [0.29, 0.717) is 10.6 Å². The molecule has 0 saturated carbocycles. The van der Waals surface area contributed by atoms with Crippen LogP contribution in [0, 0.1) is 0 Å². The topological polar surface area (TPSA) is 73.1 Å². The van der Waals surface area contributed by atoms with Gasteiger partial charge in [0.15, 0.2) is 0 Å². The van der Waals surface area contributed by atoms with Crippen molar-refractivity contribution in [2.75, 3.05) is 5.32 Å². The van der Waals surface area contributed by atoms with Crippen LogP contribution < -0.4 is 16.6 Å². The van der Waals surface area contributed by atoms with Gasteiger partial charge in [0.25, 0.3) is 11.5 Å². The standard InChI is InChI=1S/C14H11ClF3N3O3/c1-20-6-8(12(23)21(2)13(20)24)11(22)19-10-5-7(14(16,17)18)3-4-9(10)15/h3-6H,1-2H3,(H,19,22). The van der Waals surface area contributed by atoms with Crippen LogP contribution in [0.25, 0.3) is 0 Å². The zero-order valence-electron chi connectivity index (χ0n) is 12.4. The van der Waals surface area contributed by atoms with Crippen LogP contribution in [-0.4, -0.2) is 15.0 Å². The molecule has 0 radical (unpaired) electrons. The lowest BCUT2D eigenvalue weighted by Gasteiger charge is -2.12. The van der Waals surface area contributed by atoms with Crippen LogP contribution in [0.3, 0.4) is 0 Å². The molecule has 0 atom stereocenters. The molecule has 0 unspecified atom stereocenters. The molecular weight excluding hydrogens is 351 g/mol. The maximum absolute atomic E-state index is 12.7. The summed E-state index contributed by atoms with van der Waals surface area (Å²) in [5.41, 5.74) is -3.23. The number of amides is 1. The first-order valence-corrected chi connectivity index (χ1v) is 6.85. The third-order valence-corrected chi connectivity index (χ3v) is 3.56. The summed E-state index contributed by atoms with van der Waals surface area (Å²) >= 11 is 5.78. The Bertz CT molecular complexity index is 932. The summed E-state index contributed by atoms with van der Waals surface area (Å²) in [6.45, 7) is 0. The molecule has 24 heavy (non-hydrogen) atoms. The third-order valence-electron chi connectivity index (χ3n) is 3.23. The van der Waals surface area contributed by atoms with Crippen LogP contribution in [0.4, 0.5) is 18.9 Å². The molecule has 0 aliphatic rings. The summed E-state index contributed by atoms with van der Waals surface area (Å²) in [6.07, 6.45) is -3.61. The largest absolute Gasteiger partial charge is 0.416 e. The number of nitrogens with zero attached hydrogens (tertiary/aromatic N) is 2. The zero-order valence-corrected chi connectivity index (χ0v) is 13.2. The Labute approximate surface area is 138 Å². The molecule has 0 aliphatic heterocycles. The van der Waals surface area contributed by atoms with Gasteiger partial charge in [-0.15, -0.1) is 0 Å². The predicted molar refractivity (Wildman–Crippen MR) is 81.3 cm³/mol. The van der Waals surface area contributed by atoms with Crippen molar-refractivity contribution in [2.45, 2.75) is 6.18 Å². The first-order chi connectivity index (χ1) is 11.0. The van der Waals surface area contributed by atoms with Crippen LogP contribution in [0.5, 0.6) is 0 Å². The van der Waals surface area contributed by atoms with E-state index in [0.717, 1.165) is 22.9 Å². The van der Waals surface area contributed by atoms with Crippen molar-refractivity contribution in [2.24, 2.45) is 14.1 Å². The molecule has 0 fully saturated rings. The molecule has 0 saturated heterocycles. The Morgan fingerprint density at radius 1 is 1.21 bits per heavy atom. The Morgan fingerprint density at radius 2 is 1.83 bits per heavy atom. The monoisotopic (exact) mass is 361 g/mol. The Morgan fingerprint density at radius 3 is 2.42 bits per heavy atom. The maximum atomic E-state index is 12.7. The van der Waals surface area contributed by atoms with Gasteiger partial charge in [0.1, 0.15) is 5.56 Å². The number of benzene rings is 1. The minimum Gasteiger partial charge on any atom is -0.320 e. The highest BCUT2D eigenvalue weighted by molar-refractivity contribution is 6.34. The second-order valence-corrected chi connectivity index (χ2v) is 5.35. The highest BCUT2D eigenvalue weighted by atomic mass is 35.5. The van der Waals surface area contributed by atoms with Crippen molar-refractivity contribution in [3.8, 4) is 0 Å². The smallest absolute Gasteiger partial charge is 0.320 e. The van der Waals surface area contributed by atoms with Crippen molar-refractivity contribution in [1.82, 2.24) is 9.13 Å². The van der Waals surface area contributed by atoms with Crippen molar-refractivity contribution >= 4 is 23.2 Å². The maximum Gasteiger partial charge on any atom is 0.416 e. The number of carbonyl (C=O) groups excluding carboxylic acids is 1. The van der Waals surface area contributed by atoms with Crippen LogP contribution >= 0.6 is 11.6 Å². The van der Waals surface area contributed by atoms with E-state index in [1.807, 2.05) is 0 Å². The molecule has 6 nitrogen and oxygen atoms in total. The third kappa shape index (κ3) is 3.35. The number of rotatable bonds is 2. The van der Waals surface area contributed by atoms with Crippen LogP contribution in [0.15, 0.2) is 34.0 Å². The van der Waals surface area contributed by atoms with Gasteiger partial charge in [-0.1, -0.05) is 11.6 Å². The highest BCUT2D eigenvalue weighted by Gasteiger charge is 2.31. The molecule has 0 spiro atoms. The van der Waals surface area contributed by atoms with Crippen LogP contribution in [-0.2, 0) is 20.3 Å². The minimum absolute atomic E-state index is 0.127. The van der Waals surface area contributed by atoms with Gasteiger partial charge in [-0.05, 0) is 18.2 Å². The lowest BCUT2D eigenvalue weighted by molar-refractivity contribution is -0.137. The van der Waals surface area contributed by atoms with Gasteiger partial charge in [0.05, 0.1) is 16.3 Å². The summed E-state index contributed by atoms with van der Waals surface area (Å²) < 4.78 is 39.9. The highest BCUT2D eigenvalue weighted by Crippen LogP contribution is 2.33. The second-order valence-electron chi connectivity index (χ2n) is 4.95. The lowest BCUT2D eigenvalue weighted by atomic mass is 10.2. The van der Waals surface area contributed by atoms with Gasteiger partial charge in [0, 0.05) is 20.3 Å². The quantitative estimate of drug-likeness (QED) is 0.889. The molecule has 1 N–H and O–H groups in total. The summed E-state index contributed by atoms with van der Waals surface area (Å²) in [5.74, 6) is -0.979. The molecule has 1 aromatic heterocycles. The number of halogens is 4. The number of nitrogens with one attached hydrogen (secondary N) is 1. The Hall–Kier alpha value is -2.55. The molecule has 2 rings (SSSR count). The van der Waals surface area contributed by atoms with E-state index in [4.69, 9.17) is 11.6 Å². The Kier molecular flexibility index (Phi) is 4.57. The lowest BCUT2D eigenvalue weighted by Crippen LogP contribution is -2.40. The summed E-state index contributed by atoms with van der Waals surface area (Å²) in [6, 6.07) is 2.41. The fourth-order valence-electron chi connectivity index (χ4n) is 1.95. The van der Waals surface area contributed by atoms with E-state index >= 15 is 0 Å². The van der Waals surface area contributed by atoms with Gasteiger partial charge in [-0.25, -0.2) is 4.79 Å². The number of hydrogen-bond acceptors (Lipinski definition) is 3. The number of aromatic nitrogens is 2. The summed E-state index contributed by atoms with van der Waals surface area (Å²) in [7, 11) is 2.51. The summed E-state index contributed by atoms with van der Waals surface area (Å²) in [5, 5.41) is 2.03. The van der Waals surface area contributed by atoms with Crippen LogP contribution in [0.2, 0.25) is 5.02 Å². The van der Waals surface area contributed by atoms with Gasteiger partial charge in [0.2, 0.25) is 0 Å². The molecule has 0 bridgehead atoms. The van der Waals surface area contributed by atoms with Crippen molar-refractivity contribution in [3.05, 3.63) is 61.4 Å². The SMILES string of the molecule is Cn1cc(C(=O)Nc2cc(C(F)(F)F)ccc2Cl)c(=O)n(C)c1=O. The van der Waals surface area contributed by atoms with Crippen LogP contribution in [0.1, 0.15) is 15.9 Å². The van der Waals surface area contributed by atoms with E-state index in [-0.39, 0.29) is 10.7 Å². The predicted octanol–water partition coefficient (Wildman–Crippen LogP) is 2.01. The molecular formula is C14H11ClF3N3O3. The van der Waals surface area contributed by atoms with E-state index < -0.39 is 34.5 Å². The number of carbonyl (C=O) groups is 1. The van der Waals surface area contributed by atoms with E-state index in [1.165, 1.54) is 14.1 Å². The van der Waals surface area contributed by atoms with Crippen molar-refractivity contribution < 1.29 is 18.0 Å². The fourth-order valence-corrected chi connectivity index (χ4v) is 2.12. The van der Waals surface area contributed by atoms with Gasteiger partial charge >= 0.3 is 11.9 Å². The molecule has 1 amide bonds. The van der Waals surface area contributed by atoms with Gasteiger partial charge in [-0.2, -0.15) is 13.2 Å². The van der Waals surface area contributed by atoms with Gasteiger partial charge < -0.3 is 9.88 Å². The average molecular weight is 362 g/mol. The number of hydrogen-bond donors (Lipinski definition) is 1. The molecule has 10 heteroatoms. The van der Waals surface area contributed by atoms with Crippen molar-refractivity contribution in [3.63, 3.8) is 0 Å². The molecule has 2 aromatic rings. The van der Waals surface area contributed by atoms with E-state index in [1.54, 1.807) is 0 Å². The number of anilines is 1. The normalized spacial score (nSPS) is 11.4. The van der Waals surface area contributed by atoms with E-state index in [9.17, 15) is 27.6 Å². The minimum atomic E-state index is -4.61. The first kappa shape index (κ1) is 17.8. The molecule has 128 valence electrons. The summed E-state index contributed by atoms with van der Waals surface area (Å²) in [4.78, 5) is 35.7. The molecule has 0 aliphatic carbocycles. The van der Waals surface area contributed by atoms with E-state index in [2.05, 4.69) is 5.32 Å². The molecule has 1 heterocycles.